The van der Waals surface area contributed by atoms with Crippen molar-refractivity contribution in [1.82, 2.24) is 29.4 Å². The molecule has 8 nitrogen and oxygen atoms in total. The first-order chi connectivity index (χ1) is 13.2. The first kappa shape index (κ1) is 17.4. The van der Waals surface area contributed by atoms with Gasteiger partial charge in [-0.15, -0.1) is 0 Å². The summed E-state index contributed by atoms with van der Waals surface area (Å²) >= 11 is 0. The van der Waals surface area contributed by atoms with E-state index in [1.807, 2.05) is 46.0 Å². The maximum atomic E-state index is 12.5. The number of benzene rings is 1. The van der Waals surface area contributed by atoms with Crippen molar-refractivity contribution in [3.05, 3.63) is 66.0 Å². The number of hydrogen-bond donors (Lipinski definition) is 1. The van der Waals surface area contributed by atoms with Crippen LogP contribution in [-0.2, 0) is 24.4 Å². The van der Waals surface area contributed by atoms with E-state index in [1.54, 1.807) is 11.0 Å². The molecule has 8 heteroatoms. The van der Waals surface area contributed by atoms with E-state index in [-0.39, 0.29) is 5.91 Å². The van der Waals surface area contributed by atoms with Crippen LogP contribution in [0.4, 0.5) is 0 Å². The summed E-state index contributed by atoms with van der Waals surface area (Å²) in [6.07, 6.45) is 3.61. The molecule has 3 aromatic rings. The highest BCUT2D eigenvalue weighted by atomic mass is 16.3. The Bertz CT molecular complexity index is 890. The number of carbonyl (C=O) groups excluding carboxylic acids is 1. The second kappa shape index (κ2) is 7.71. The minimum absolute atomic E-state index is 0.132. The van der Waals surface area contributed by atoms with Gasteiger partial charge in [-0.3, -0.25) is 14.2 Å². The highest BCUT2D eigenvalue weighted by Crippen LogP contribution is 2.23. The number of aliphatic hydroxyl groups excluding tert-OH is 1. The van der Waals surface area contributed by atoms with E-state index in [4.69, 9.17) is 0 Å². The Morgan fingerprint density at radius 2 is 2.07 bits per heavy atom. The van der Waals surface area contributed by atoms with Crippen molar-refractivity contribution in [2.45, 2.75) is 38.6 Å². The molecule has 27 heavy (non-hydrogen) atoms. The van der Waals surface area contributed by atoms with E-state index in [9.17, 15) is 9.90 Å². The van der Waals surface area contributed by atoms with Crippen LogP contribution in [0.1, 0.15) is 35.9 Å². The highest BCUT2D eigenvalue weighted by Gasteiger charge is 2.24. The maximum absolute atomic E-state index is 12.5. The SMILES string of the molecule is O=C(CCCn1cncn1)N1CCn2nc(C(O)c3ccccc3)cc2C1. The van der Waals surface area contributed by atoms with Gasteiger partial charge in [-0.2, -0.15) is 10.2 Å². The monoisotopic (exact) mass is 366 g/mol. The Balaban J connectivity index is 1.36. The molecule has 0 bridgehead atoms. The van der Waals surface area contributed by atoms with E-state index in [2.05, 4.69) is 15.2 Å². The molecule has 1 N–H and O–H groups in total. The molecule has 2 aromatic heterocycles. The smallest absolute Gasteiger partial charge is 0.223 e. The fourth-order valence-electron chi connectivity index (χ4n) is 3.34. The molecule has 1 aromatic carbocycles. The molecule has 1 aliphatic rings. The zero-order valence-corrected chi connectivity index (χ0v) is 15.0. The number of carbonyl (C=O) groups is 1. The number of rotatable bonds is 6. The van der Waals surface area contributed by atoms with E-state index in [1.165, 1.54) is 6.33 Å². The van der Waals surface area contributed by atoms with Crippen molar-refractivity contribution in [3.63, 3.8) is 0 Å². The molecule has 0 aliphatic carbocycles. The first-order valence-corrected chi connectivity index (χ1v) is 9.10. The molecular formula is C19H22N6O2. The molecule has 0 saturated heterocycles. The third-order valence-corrected chi connectivity index (χ3v) is 4.81. The molecule has 140 valence electrons. The molecule has 1 unspecified atom stereocenters. The standard InChI is InChI=1S/C19H22N6O2/c26-18(7-4-8-24-14-20-13-21-24)23-9-10-25-16(12-23)11-17(22-25)19(27)15-5-2-1-3-6-15/h1-3,5-6,11,13-14,19,27H,4,7-10,12H2. The fourth-order valence-corrected chi connectivity index (χ4v) is 3.34. The van der Waals surface area contributed by atoms with Crippen LogP contribution in [0.15, 0.2) is 49.1 Å². The summed E-state index contributed by atoms with van der Waals surface area (Å²) in [5.74, 6) is 0.132. The number of fused-ring (bicyclic) bond motifs is 1. The Labute approximate surface area is 157 Å². The zero-order chi connectivity index (χ0) is 18.6. The molecule has 0 fully saturated rings. The minimum Gasteiger partial charge on any atom is -0.382 e. The lowest BCUT2D eigenvalue weighted by atomic mass is 10.1. The molecule has 4 rings (SSSR count). The molecule has 0 spiro atoms. The Morgan fingerprint density at radius 3 is 2.85 bits per heavy atom. The number of hydrogen-bond acceptors (Lipinski definition) is 5. The second-order valence-corrected chi connectivity index (χ2v) is 6.67. The Kier molecular flexibility index (Phi) is 4.97. The van der Waals surface area contributed by atoms with Crippen LogP contribution in [0.2, 0.25) is 0 Å². The predicted molar refractivity (Wildman–Crippen MR) is 97.4 cm³/mol. The lowest BCUT2D eigenvalue weighted by Gasteiger charge is -2.27. The van der Waals surface area contributed by atoms with Crippen molar-refractivity contribution < 1.29 is 9.90 Å². The topological polar surface area (TPSA) is 89.1 Å². The van der Waals surface area contributed by atoms with E-state index in [0.717, 1.165) is 17.7 Å². The Hall–Kier alpha value is -3.00. The van der Waals surface area contributed by atoms with Crippen LogP contribution < -0.4 is 0 Å². The van der Waals surface area contributed by atoms with Gasteiger partial charge in [-0.1, -0.05) is 30.3 Å². The predicted octanol–water partition coefficient (Wildman–Crippen LogP) is 1.38. The van der Waals surface area contributed by atoms with E-state index in [0.29, 0.717) is 38.3 Å². The maximum Gasteiger partial charge on any atom is 0.223 e. The van der Waals surface area contributed by atoms with Gasteiger partial charge in [-0.05, 0) is 18.1 Å². The Morgan fingerprint density at radius 1 is 1.22 bits per heavy atom. The van der Waals surface area contributed by atoms with Crippen LogP contribution in [0.3, 0.4) is 0 Å². The number of aromatic nitrogens is 5. The van der Waals surface area contributed by atoms with Crippen molar-refractivity contribution in [2.75, 3.05) is 6.54 Å². The van der Waals surface area contributed by atoms with Crippen molar-refractivity contribution in [1.29, 1.82) is 0 Å². The average Bonchev–Trinajstić information content (AvgIpc) is 3.37. The summed E-state index contributed by atoms with van der Waals surface area (Å²) in [4.78, 5) is 18.3. The van der Waals surface area contributed by atoms with Gasteiger partial charge in [0.05, 0.1) is 24.5 Å². The number of aliphatic hydroxyl groups is 1. The molecule has 0 saturated carbocycles. The van der Waals surface area contributed by atoms with E-state index < -0.39 is 6.10 Å². The van der Waals surface area contributed by atoms with Crippen molar-refractivity contribution >= 4 is 5.91 Å². The molecule has 3 heterocycles. The van der Waals surface area contributed by atoms with Gasteiger partial charge in [0.2, 0.25) is 5.91 Å². The zero-order valence-electron chi connectivity index (χ0n) is 15.0. The summed E-state index contributed by atoms with van der Waals surface area (Å²) < 4.78 is 3.62. The molecule has 0 radical (unpaired) electrons. The van der Waals surface area contributed by atoms with Crippen LogP contribution in [0, 0.1) is 0 Å². The van der Waals surface area contributed by atoms with Gasteiger partial charge < -0.3 is 10.0 Å². The van der Waals surface area contributed by atoms with Crippen molar-refractivity contribution in [3.8, 4) is 0 Å². The normalized spacial score (nSPS) is 14.8. The summed E-state index contributed by atoms with van der Waals surface area (Å²) in [7, 11) is 0. The van der Waals surface area contributed by atoms with E-state index >= 15 is 0 Å². The van der Waals surface area contributed by atoms with Crippen LogP contribution in [-0.4, -0.2) is 47.0 Å². The van der Waals surface area contributed by atoms with Gasteiger partial charge in [0.25, 0.3) is 0 Å². The summed E-state index contributed by atoms with van der Waals surface area (Å²) in [6.45, 7) is 2.49. The first-order valence-electron chi connectivity index (χ1n) is 9.10. The minimum atomic E-state index is -0.754. The number of nitrogens with zero attached hydrogens (tertiary/aromatic N) is 6. The highest BCUT2D eigenvalue weighted by molar-refractivity contribution is 5.76. The second-order valence-electron chi connectivity index (χ2n) is 6.67. The third kappa shape index (κ3) is 3.90. The fraction of sp³-hybridized carbons (Fsp3) is 0.368. The van der Waals surface area contributed by atoms with Crippen LogP contribution in [0.25, 0.3) is 0 Å². The van der Waals surface area contributed by atoms with Crippen LogP contribution in [0.5, 0.6) is 0 Å². The van der Waals surface area contributed by atoms with Crippen molar-refractivity contribution in [2.24, 2.45) is 0 Å². The van der Waals surface area contributed by atoms with Gasteiger partial charge in [-0.25, -0.2) is 4.98 Å². The average molecular weight is 366 g/mol. The van der Waals surface area contributed by atoms with Gasteiger partial charge in [0.1, 0.15) is 18.8 Å². The number of aryl methyl sites for hydroxylation is 1. The quantitative estimate of drug-likeness (QED) is 0.712. The third-order valence-electron chi connectivity index (χ3n) is 4.81. The summed E-state index contributed by atoms with van der Waals surface area (Å²) in [5, 5.41) is 19.1. The van der Waals surface area contributed by atoms with Gasteiger partial charge in [0.15, 0.2) is 0 Å². The molecule has 1 atom stereocenters. The van der Waals surface area contributed by atoms with Gasteiger partial charge >= 0.3 is 0 Å². The molecular weight excluding hydrogens is 344 g/mol. The lowest BCUT2D eigenvalue weighted by molar-refractivity contribution is -0.132. The largest absolute Gasteiger partial charge is 0.382 e. The molecule has 1 aliphatic heterocycles. The summed E-state index contributed by atoms with van der Waals surface area (Å²) in [5.41, 5.74) is 2.39. The summed E-state index contributed by atoms with van der Waals surface area (Å²) in [6, 6.07) is 11.4. The van der Waals surface area contributed by atoms with Gasteiger partial charge in [0, 0.05) is 19.5 Å². The molecule has 1 amide bonds. The van der Waals surface area contributed by atoms with Crippen LogP contribution >= 0.6 is 0 Å². The lowest BCUT2D eigenvalue weighted by Crippen LogP contribution is -2.38. The number of amides is 1.